The molecule has 1 aromatic carbocycles. The number of pyridine rings is 1. The molecule has 0 bridgehead atoms. The number of hydrogen-bond donors (Lipinski definition) is 0. The van der Waals surface area contributed by atoms with Gasteiger partial charge in [-0.2, -0.15) is 0 Å². The van der Waals surface area contributed by atoms with Gasteiger partial charge in [0.25, 0.3) is 0 Å². The number of amides is 1. The zero-order valence-corrected chi connectivity index (χ0v) is 17.5. The molecule has 7 heteroatoms. The van der Waals surface area contributed by atoms with Gasteiger partial charge in [0, 0.05) is 43.2 Å². The number of carbonyl (C=O) groups is 1. The van der Waals surface area contributed by atoms with Crippen LogP contribution in [0.3, 0.4) is 0 Å². The number of ether oxygens (including phenoxy) is 2. The van der Waals surface area contributed by atoms with E-state index in [0.717, 1.165) is 53.3 Å². The monoisotopic (exact) mass is 416 g/mol. The van der Waals surface area contributed by atoms with Gasteiger partial charge in [0.15, 0.2) is 11.5 Å². The minimum absolute atomic E-state index is 0.125. The lowest BCUT2D eigenvalue weighted by Crippen LogP contribution is -2.40. The number of fused-ring (bicyclic) bond motifs is 1. The highest BCUT2D eigenvalue weighted by Gasteiger charge is 2.28. The van der Waals surface area contributed by atoms with Gasteiger partial charge < -0.3 is 14.4 Å². The topological polar surface area (TPSA) is 77.4 Å². The van der Waals surface area contributed by atoms with Crippen molar-refractivity contribution in [3.05, 3.63) is 66.0 Å². The average molecular weight is 416 g/mol. The van der Waals surface area contributed by atoms with Gasteiger partial charge in [-0.1, -0.05) is 6.07 Å². The van der Waals surface area contributed by atoms with E-state index in [1.807, 2.05) is 48.4 Å². The van der Waals surface area contributed by atoms with Crippen molar-refractivity contribution >= 4 is 5.91 Å². The smallest absolute Gasteiger partial charge is 0.231 e. The van der Waals surface area contributed by atoms with Gasteiger partial charge in [0.2, 0.25) is 12.7 Å². The number of aryl methyl sites for hydroxylation is 1. The second-order valence-electron chi connectivity index (χ2n) is 8.00. The summed E-state index contributed by atoms with van der Waals surface area (Å²) < 4.78 is 10.8. The van der Waals surface area contributed by atoms with Gasteiger partial charge in [-0.25, -0.2) is 9.97 Å². The standard InChI is InChI=1S/C24H24N4O3/c1-16-26-13-20(18-6-8-25-9-7-18)24(27-16)19-3-2-10-28(14-19)23(29)12-17-4-5-21-22(11-17)31-15-30-21/h4-9,11,13,19H,2-3,10,12,14-15H2,1H3/t19-/m0/s1. The second-order valence-corrected chi connectivity index (χ2v) is 8.00. The van der Waals surface area contributed by atoms with Crippen LogP contribution in [0.2, 0.25) is 0 Å². The Balaban J connectivity index is 1.35. The van der Waals surface area contributed by atoms with Crippen molar-refractivity contribution in [1.29, 1.82) is 0 Å². The lowest BCUT2D eigenvalue weighted by atomic mass is 9.90. The van der Waals surface area contributed by atoms with E-state index in [1.54, 1.807) is 12.4 Å². The zero-order valence-electron chi connectivity index (χ0n) is 17.5. The quantitative estimate of drug-likeness (QED) is 0.648. The molecule has 1 atom stereocenters. The molecule has 158 valence electrons. The van der Waals surface area contributed by atoms with E-state index >= 15 is 0 Å². The van der Waals surface area contributed by atoms with Crippen LogP contribution < -0.4 is 9.47 Å². The molecule has 5 rings (SSSR count). The van der Waals surface area contributed by atoms with Gasteiger partial charge in [-0.3, -0.25) is 9.78 Å². The minimum Gasteiger partial charge on any atom is -0.454 e. The first-order valence-electron chi connectivity index (χ1n) is 10.6. The molecule has 0 spiro atoms. The number of hydrogen-bond acceptors (Lipinski definition) is 6. The van der Waals surface area contributed by atoms with Crippen LogP contribution in [0.1, 0.15) is 35.8 Å². The van der Waals surface area contributed by atoms with Crippen LogP contribution in [-0.2, 0) is 11.2 Å². The molecule has 2 aliphatic rings. The van der Waals surface area contributed by atoms with Gasteiger partial charge in [0.05, 0.1) is 12.1 Å². The molecule has 0 N–H and O–H groups in total. The van der Waals surface area contributed by atoms with Crippen molar-refractivity contribution in [2.24, 2.45) is 0 Å². The second kappa shape index (κ2) is 8.34. The van der Waals surface area contributed by atoms with E-state index in [4.69, 9.17) is 14.5 Å². The summed E-state index contributed by atoms with van der Waals surface area (Å²) in [5.41, 5.74) is 4.02. The summed E-state index contributed by atoms with van der Waals surface area (Å²) in [7, 11) is 0. The van der Waals surface area contributed by atoms with Gasteiger partial charge >= 0.3 is 0 Å². The number of aromatic nitrogens is 3. The Kier molecular flexibility index (Phi) is 5.24. The van der Waals surface area contributed by atoms with E-state index in [9.17, 15) is 4.79 Å². The highest BCUT2D eigenvalue weighted by Crippen LogP contribution is 2.34. The Labute approximate surface area is 181 Å². The van der Waals surface area contributed by atoms with E-state index in [1.165, 1.54) is 0 Å². The lowest BCUT2D eigenvalue weighted by Gasteiger charge is -2.33. The number of rotatable bonds is 4. The molecule has 0 saturated carbocycles. The summed E-state index contributed by atoms with van der Waals surface area (Å²) in [6, 6.07) is 9.65. The van der Waals surface area contributed by atoms with Crippen LogP contribution in [0, 0.1) is 6.92 Å². The normalized spacial score (nSPS) is 17.6. The van der Waals surface area contributed by atoms with E-state index in [2.05, 4.69) is 9.97 Å². The fourth-order valence-corrected chi connectivity index (χ4v) is 4.32. The molecular weight excluding hydrogens is 392 g/mol. The Morgan fingerprint density at radius 1 is 1.16 bits per heavy atom. The van der Waals surface area contributed by atoms with Crippen LogP contribution in [0.4, 0.5) is 0 Å². The van der Waals surface area contributed by atoms with Crippen molar-refractivity contribution in [1.82, 2.24) is 19.9 Å². The Hall–Kier alpha value is -3.48. The maximum absolute atomic E-state index is 13.1. The first-order chi connectivity index (χ1) is 15.2. The lowest BCUT2D eigenvalue weighted by molar-refractivity contribution is -0.131. The highest BCUT2D eigenvalue weighted by molar-refractivity contribution is 5.79. The summed E-state index contributed by atoms with van der Waals surface area (Å²) in [5.74, 6) is 2.49. The molecule has 1 amide bonds. The third kappa shape index (κ3) is 4.08. The molecular formula is C24H24N4O3. The van der Waals surface area contributed by atoms with E-state index < -0.39 is 0 Å². The fourth-order valence-electron chi connectivity index (χ4n) is 4.32. The number of benzene rings is 1. The van der Waals surface area contributed by atoms with Crippen LogP contribution >= 0.6 is 0 Å². The maximum atomic E-state index is 13.1. The maximum Gasteiger partial charge on any atom is 0.231 e. The molecule has 0 unspecified atom stereocenters. The molecule has 3 aromatic rings. The predicted octanol–water partition coefficient (Wildman–Crippen LogP) is 3.52. The van der Waals surface area contributed by atoms with Crippen molar-refractivity contribution in [2.75, 3.05) is 19.9 Å². The third-order valence-electron chi connectivity index (χ3n) is 5.88. The molecule has 1 fully saturated rings. The molecule has 31 heavy (non-hydrogen) atoms. The summed E-state index contributed by atoms with van der Waals surface area (Å²) >= 11 is 0. The van der Waals surface area contributed by atoms with Crippen LogP contribution in [0.15, 0.2) is 48.9 Å². The van der Waals surface area contributed by atoms with Crippen LogP contribution in [0.25, 0.3) is 11.1 Å². The first kappa shape index (κ1) is 19.5. The predicted molar refractivity (Wildman–Crippen MR) is 115 cm³/mol. The van der Waals surface area contributed by atoms with Crippen LogP contribution in [0.5, 0.6) is 11.5 Å². The Morgan fingerprint density at radius 2 is 2.00 bits per heavy atom. The zero-order chi connectivity index (χ0) is 21.2. The van der Waals surface area contributed by atoms with Crippen molar-refractivity contribution < 1.29 is 14.3 Å². The molecule has 0 radical (unpaired) electrons. The first-order valence-corrected chi connectivity index (χ1v) is 10.6. The summed E-state index contributed by atoms with van der Waals surface area (Å²) in [4.78, 5) is 28.4. The SMILES string of the molecule is Cc1ncc(-c2ccncc2)c([C@H]2CCCN(C(=O)Cc3ccc4c(c3)OCO4)C2)n1. The van der Waals surface area contributed by atoms with E-state index in [-0.39, 0.29) is 18.6 Å². The van der Waals surface area contributed by atoms with E-state index in [0.29, 0.717) is 18.7 Å². The van der Waals surface area contributed by atoms with Crippen LogP contribution in [-0.4, -0.2) is 45.6 Å². The van der Waals surface area contributed by atoms with Gasteiger partial charge in [0.1, 0.15) is 5.82 Å². The number of likely N-dealkylation sites (tertiary alicyclic amines) is 1. The average Bonchev–Trinajstić information content (AvgIpc) is 3.27. The summed E-state index contributed by atoms with van der Waals surface area (Å²) in [6.45, 7) is 3.58. The molecule has 4 heterocycles. The number of carbonyl (C=O) groups excluding carboxylic acids is 1. The molecule has 0 aliphatic carbocycles. The van der Waals surface area contributed by atoms with Crippen molar-refractivity contribution in [2.45, 2.75) is 32.1 Å². The summed E-state index contributed by atoms with van der Waals surface area (Å²) in [6.07, 6.45) is 7.75. The third-order valence-corrected chi connectivity index (χ3v) is 5.88. The highest BCUT2D eigenvalue weighted by atomic mass is 16.7. The van der Waals surface area contributed by atoms with Crippen molar-refractivity contribution in [3.63, 3.8) is 0 Å². The minimum atomic E-state index is 0.125. The number of piperidine rings is 1. The number of nitrogens with zero attached hydrogens (tertiary/aromatic N) is 4. The molecule has 2 aliphatic heterocycles. The molecule has 2 aromatic heterocycles. The van der Waals surface area contributed by atoms with Gasteiger partial charge in [-0.05, 0) is 55.2 Å². The molecule has 7 nitrogen and oxygen atoms in total. The Bertz CT molecular complexity index is 1100. The largest absolute Gasteiger partial charge is 0.454 e. The fraction of sp³-hybridized carbons (Fsp3) is 0.333. The van der Waals surface area contributed by atoms with Crippen molar-refractivity contribution in [3.8, 4) is 22.6 Å². The summed E-state index contributed by atoms with van der Waals surface area (Å²) in [5, 5.41) is 0. The molecule has 1 saturated heterocycles. The van der Waals surface area contributed by atoms with Gasteiger partial charge in [-0.15, -0.1) is 0 Å². The Morgan fingerprint density at radius 3 is 2.87 bits per heavy atom.